The molecule has 1 aromatic carbocycles. The fourth-order valence-corrected chi connectivity index (χ4v) is 1.28. The van der Waals surface area contributed by atoms with E-state index < -0.39 is 11.9 Å². The van der Waals surface area contributed by atoms with E-state index in [4.69, 9.17) is 4.74 Å². The van der Waals surface area contributed by atoms with Gasteiger partial charge in [0, 0.05) is 0 Å². The molecule has 0 saturated heterocycles. The van der Waals surface area contributed by atoms with Crippen molar-refractivity contribution in [2.45, 2.75) is 26.2 Å². The Morgan fingerprint density at radius 1 is 1.06 bits per heavy atom. The normalized spacial score (nSPS) is 9.76. The molecule has 1 aromatic rings. The van der Waals surface area contributed by atoms with Crippen molar-refractivity contribution in [3.63, 3.8) is 0 Å². The van der Waals surface area contributed by atoms with E-state index in [1.807, 2.05) is 12.1 Å². The minimum atomic E-state index is -0.431. The largest absolute Gasteiger partial charge is 0.469 e. The second-order valence-electron chi connectivity index (χ2n) is 3.55. The molecule has 1 rings (SSSR count). The zero-order valence-corrected chi connectivity index (χ0v) is 10.1. The van der Waals surface area contributed by atoms with Crippen molar-refractivity contribution >= 4 is 11.9 Å². The van der Waals surface area contributed by atoms with Gasteiger partial charge in [0.15, 0.2) is 0 Å². The molecule has 0 unspecified atom stereocenters. The average molecular weight is 236 g/mol. The minimum Gasteiger partial charge on any atom is -0.469 e. The van der Waals surface area contributed by atoms with Crippen LogP contribution in [0.4, 0.5) is 0 Å². The summed E-state index contributed by atoms with van der Waals surface area (Å²) in [5, 5.41) is 0. The Hall–Kier alpha value is -1.84. The smallest absolute Gasteiger partial charge is 0.311 e. The second kappa shape index (κ2) is 6.68. The Bertz CT molecular complexity index is 381. The fraction of sp³-hybridized carbons (Fsp3) is 0.385. The van der Waals surface area contributed by atoms with E-state index in [9.17, 15) is 9.59 Å². The first kappa shape index (κ1) is 13.2. The minimum absolute atomic E-state index is 0.0300. The van der Waals surface area contributed by atoms with E-state index in [0.717, 1.165) is 6.42 Å². The van der Waals surface area contributed by atoms with Crippen molar-refractivity contribution in [2.24, 2.45) is 0 Å². The number of hydrogen-bond acceptors (Lipinski definition) is 4. The van der Waals surface area contributed by atoms with Crippen LogP contribution in [0.15, 0.2) is 24.3 Å². The van der Waals surface area contributed by atoms with Gasteiger partial charge in [0.2, 0.25) is 0 Å². The molecule has 0 aliphatic carbocycles. The van der Waals surface area contributed by atoms with Crippen molar-refractivity contribution in [1.82, 2.24) is 0 Å². The first-order valence-electron chi connectivity index (χ1n) is 5.52. The monoisotopic (exact) mass is 236 g/mol. The molecule has 0 bridgehead atoms. The first-order valence-corrected chi connectivity index (χ1v) is 5.52. The highest BCUT2D eigenvalue weighted by molar-refractivity contribution is 5.78. The van der Waals surface area contributed by atoms with Gasteiger partial charge in [0.05, 0.1) is 20.0 Å². The van der Waals surface area contributed by atoms with E-state index in [0.29, 0.717) is 5.75 Å². The van der Waals surface area contributed by atoms with Crippen LogP contribution in [-0.4, -0.2) is 19.0 Å². The average Bonchev–Trinajstić information content (AvgIpc) is 2.36. The lowest BCUT2D eigenvalue weighted by molar-refractivity contribution is -0.144. The predicted octanol–water partition coefficient (Wildman–Crippen LogP) is 2.11. The van der Waals surface area contributed by atoms with E-state index in [1.54, 1.807) is 12.1 Å². The second-order valence-corrected chi connectivity index (χ2v) is 3.55. The molecule has 17 heavy (non-hydrogen) atoms. The lowest BCUT2D eigenvalue weighted by Gasteiger charge is -2.04. The molecule has 0 aliphatic heterocycles. The highest BCUT2D eigenvalue weighted by Crippen LogP contribution is 2.13. The SMILES string of the molecule is CCc1ccc(OC(=O)CCC(=O)OC)cc1. The highest BCUT2D eigenvalue weighted by Gasteiger charge is 2.08. The van der Waals surface area contributed by atoms with Gasteiger partial charge in [-0.05, 0) is 24.1 Å². The number of carbonyl (C=O) groups is 2. The lowest BCUT2D eigenvalue weighted by atomic mass is 10.2. The van der Waals surface area contributed by atoms with E-state index in [1.165, 1.54) is 12.7 Å². The number of carbonyl (C=O) groups excluding carboxylic acids is 2. The molecule has 0 fully saturated rings. The molecular weight excluding hydrogens is 220 g/mol. The standard InChI is InChI=1S/C13H16O4/c1-3-10-4-6-11(7-5-10)17-13(15)9-8-12(14)16-2/h4-7H,3,8-9H2,1-2H3. The predicted molar refractivity (Wildman–Crippen MR) is 62.7 cm³/mol. The molecule has 0 atom stereocenters. The van der Waals surface area contributed by atoms with Gasteiger partial charge in [0.25, 0.3) is 0 Å². The maximum atomic E-state index is 11.4. The van der Waals surface area contributed by atoms with Crippen LogP contribution in [-0.2, 0) is 20.7 Å². The summed E-state index contributed by atoms with van der Waals surface area (Å²) in [6.45, 7) is 2.05. The van der Waals surface area contributed by atoms with Crippen molar-refractivity contribution in [3.05, 3.63) is 29.8 Å². The molecule has 92 valence electrons. The summed E-state index contributed by atoms with van der Waals surface area (Å²) in [5.74, 6) is -0.347. The summed E-state index contributed by atoms with van der Waals surface area (Å²) in [6, 6.07) is 7.30. The lowest BCUT2D eigenvalue weighted by Crippen LogP contribution is -2.11. The Kier molecular flexibility index (Phi) is 5.20. The van der Waals surface area contributed by atoms with Gasteiger partial charge in [-0.2, -0.15) is 0 Å². The van der Waals surface area contributed by atoms with Gasteiger partial charge in [-0.25, -0.2) is 0 Å². The topological polar surface area (TPSA) is 52.6 Å². The van der Waals surface area contributed by atoms with Gasteiger partial charge in [-0.15, -0.1) is 0 Å². The van der Waals surface area contributed by atoms with Gasteiger partial charge >= 0.3 is 11.9 Å². The number of ether oxygens (including phenoxy) is 2. The number of benzene rings is 1. The van der Waals surface area contributed by atoms with Crippen LogP contribution in [0.1, 0.15) is 25.3 Å². The number of aryl methyl sites for hydroxylation is 1. The Labute approximate surface area is 101 Å². The summed E-state index contributed by atoms with van der Waals surface area (Å²) >= 11 is 0. The summed E-state index contributed by atoms with van der Waals surface area (Å²) in [4.78, 5) is 22.2. The zero-order chi connectivity index (χ0) is 12.7. The Morgan fingerprint density at radius 2 is 1.65 bits per heavy atom. The van der Waals surface area contributed by atoms with Crippen LogP contribution in [0.5, 0.6) is 5.75 Å². The van der Waals surface area contributed by atoms with Crippen LogP contribution in [0, 0.1) is 0 Å². The van der Waals surface area contributed by atoms with Crippen molar-refractivity contribution in [3.8, 4) is 5.75 Å². The Morgan fingerprint density at radius 3 is 2.18 bits per heavy atom. The van der Waals surface area contributed by atoms with Crippen LogP contribution in [0.25, 0.3) is 0 Å². The first-order chi connectivity index (χ1) is 8.15. The van der Waals surface area contributed by atoms with E-state index in [-0.39, 0.29) is 12.8 Å². The number of esters is 2. The highest BCUT2D eigenvalue weighted by atomic mass is 16.5. The third-order valence-electron chi connectivity index (χ3n) is 2.32. The molecular formula is C13H16O4. The van der Waals surface area contributed by atoms with E-state index in [2.05, 4.69) is 11.7 Å². The van der Waals surface area contributed by atoms with Crippen LogP contribution in [0.2, 0.25) is 0 Å². The Balaban J connectivity index is 2.42. The summed E-state index contributed by atoms with van der Waals surface area (Å²) in [7, 11) is 1.29. The molecule has 0 spiro atoms. The molecule has 0 aromatic heterocycles. The molecule has 4 heteroatoms. The van der Waals surface area contributed by atoms with Gasteiger partial charge in [-0.1, -0.05) is 19.1 Å². The fourth-order valence-electron chi connectivity index (χ4n) is 1.28. The maximum Gasteiger partial charge on any atom is 0.311 e. The molecule has 0 saturated carbocycles. The molecule has 0 heterocycles. The molecule has 0 amide bonds. The molecule has 0 N–H and O–H groups in total. The summed E-state index contributed by atoms with van der Waals surface area (Å²) in [6.07, 6.45) is 1.02. The molecule has 0 aliphatic rings. The van der Waals surface area contributed by atoms with E-state index >= 15 is 0 Å². The van der Waals surface area contributed by atoms with Crippen molar-refractivity contribution < 1.29 is 19.1 Å². The molecule has 0 radical (unpaired) electrons. The van der Waals surface area contributed by atoms with Crippen LogP contribution in [0.3, 0.4) is 0 Å². The van der Waals surface area contributed by atoms with Crippen molar-refractivity contribution in [2.75, 3.05) is 7.11 Å². The van der Waals surface area contributed by atoms with Gasteiger partial charge < -0.3 is 9.47 Å². The van der Waals surface area contributed by atoms with Crippen LogP contribution >= 0.6 is 0 Å². The maximum absolute atomic E-state index is 11.4. The van der Waals surface area contributed by atoms with Gasteiger partial charge in [0.1, 0.15) is 5.75 Å². The van der Waals surface area contributed by atoms with Crippen LogP contribution < -0.4 is 4.74 Å². The number of hydrogen-bond donors (Lipinski definition) is 0. The number of methoxy groups -OCH3 is 1. The third kappa shape index (κ3) is 4.68. The third-order valence-corrected chi connectivity index (χ3v) is 2.32. The number of rotatable bonds is 5. The van der Waals surface area contributed by atoms with Crippen molar-refractivity contribution in [1.29, 1.82) is 0 Å². The summed E-state index contributed by atoms with van der Waals surface area (Å²) < 4.78 is 9.50. The zero-order valence-electron chi connectivity index (χ0n) is 10.1. The van der Waals surface area contributed by atoms with Gasteiger partial charge in [-0.3, -0.25) is 9.59 Å². The molecule has 4 nitrogen and oxygen atoms in total. The quantitative estimate of drug-likeness (QED) is 0.580. The summed E-state index contributed by atoms with van der Waals surface area (Å²) in [5.41, 5.74) is 1.18.